The molecule has 1 N–H and O–H groups in total. The monoisotopic (exact) mass is 343 g/mol. The summed E-state index contributed by atoms with van der Waals surface area (Å²) in [7, 11) is 0. The average Bonchev–Trinajstić information content (AvgIpc) is 2.32. The molecular formula is C16H23BrClN. The summed E-state index contributed by atoms with van der Waals surface area (Å²) >= 11 is 9.49. The van der Waals surface area contributed by atoms with Gasteiger partial charge in [0.15, 0.2) is 0 Å². The Morgan fingerprint density at radius 2 is 2.00 bits per heavy atom. The maximum atomic E-state index is 6.02. The predicted molar refractivity (Wildman–Crippen MR) is 89.7 cm³/mol. The maximum Gasteiger partial charge on any atom is 0.0548 e. The van der Waals surface area contributed by atoms with Crippen LogP contribution < -0.4 is 5.32 Å². The van der Waals surface area contributed by atoms with E-state index in [1.165, 1.54) is 11.1 Å². The first-order valence-corrected chi connectivity index (χ1v) is 7.93. The molecule has 0 bridgehead atoms. The lowest BCUT2D eigenvalue weighted by Crippen LogP contribution is -2.23. The van der Waals surface area contributed by atoms with Gasteiger partial charge >= 0.3 is 0 Å². The molecule has 1 nitrogen and oxygen atoms in total. The Hall–Kier alpha value is -0.310. The van der Waals surface area contributed by atoms with Crippen molar-refractivity contribution in [1.29, 1.82) is 0 Å². The third-order valence-corrected chi connectivity index (χ3v) is 4.13. The number of nitrogens with one attached hydrogen (secondary N) is 1. The molecule has 0 unspecified atom stereocenters. The van der Waals surface area contributed by atoms with E-state index in [1.807, 2.05) is 6.07 Å². The van der Waals surface area contributed by atoms with Gasteiger partial charge in [-0.15, -0.1) is 0 Å². The molecule has 19 heavy (non-hydrogen) atoms. The molecule has 0 atom stereocenters. The molecule has 0 fully saturated rings. The first-order valence-electron chi connectivity index (χ1n) is 6.76. The van der Waals surface area contributed by atoms with Crippen LogP contribution in [-0.2, 0) is 0 Å². The fourth-order valence-corrected chi connectivity index (χ4v) is 2.26. The molecule has 1 rings (SSSR count). The summed E-state index contributed by atoms with van der Waals surface area (Å²) in [6.07, 6.45) is 2.25. The third kappa shape index (κ3) is 6.11. The van der Waals surface area contributed by atoms with Gasteiger partial charge in [0.1, 0.15) is 0 Å². The lowest BCUT2D eigenvalue weighted by molar-refractivity contribution is 0.558. The van der Waals surface area contributed by atoms with E-state index in [2.05, 4.69) is 67.2 Å². The molecule has 0 aliphatic rings. The van der Waals surface area contributed by atoms with Crippen molar-refractivity contribution in [3.8, 4) is 0 Å². The summed E-state index contributed by atoms with van der Waals surface area (Å²) in [6.45, 7) is 10.9. The smallest absolute Gasteiger partial charge is 0.0548 e. The van der Waals surface area contributed by atoms with Crippen molar-refractivity contribution in [2.45, 2.75) is 27.7 Å². The summed E-state index contributed by atoms with van der Waals surface area (Å²) in [5.74, 6) is 1.22. The van der Waals surface area contributed by atoms with E-state index in [-0.39, 0.29) is 0 Å². The normalized spacial score (nSPS) is 12.5. The molecule has 0 aliphatic heterocycles. The minimum atomic E-state index is 0.536. The van der Waals surface area contributed by atoms with E-state index in [0.717, 1.165) is 22.6 Å². The number of hydrogen-bond acceptors (Lipinski definition) is 1. The highest BCUT2D eigenvalue weighted by Gasteiger charge is 2.05. The Bertz CT molecular complexity index is 438. The van der Waals surface area contributed by atoms with Crippen LogP contribution in [0.25, 0.3) is 6.08 Å². The molecule has 0 spiro atoms. The molecule has 1 aromatic carbocycles. The van der Waals surface area contributed by atoms with Crippen molar-refractivity contribution in [2.24, 2.45) is 11.8 Å². The zero-order valence-electron chi connectivity index (χ0n) is 12.1. The number of rotatable bonds is 6. The van der Waals surface area contributed by atoms with Gasteiger partial charge in [-0.1, -0.05) is 57.0 Å². The van der Waals surface area contributed by atoms with Gasteiger partial charge in [0, 0.05) is 11.0 Å². The molecule has 0 heterocycles. The van der Waals surface area contributed by atoms with Gasteiger partial charge in [0.2, 0.25) is 0 Å². The highest BCUT2D eigenvalue weighted by molar-refractivity contribution is 9.10. The molecule has 0 saturated heterocycles. The quantitative estimate of drug-likeness (QED) is 0.729. The van der Waals surface area contributed by atoms with Gasteiger partial charge in [0.25, 0.3) is 0 Å². The Balaban J connectivity index is 2.79. The van der Waals surface area contributed by atoms with E-state index in [1.54, 1.807) is 0 Å². The molecule has 0 aromatic heterocycles. The molecule has 0 amide bonds. The fourth-order valence-electron chi connectivity index (χ4n) is 1.74. The summed E-state index contributed by atoms with van der Waals surface area (Å²) in [4.78, 5) is 0. The summed E-state index contributed by atoms with van der Waals surface area (Å²) in [5, 5.41) is 4.26. The number of benzene rings is 1. The minimum Gasteiger partial charge on any atom is -0.313 e. The van der Waals surface area contributed by atoms with Crippen LogP contribution in [0, 0.1) is 11.8 Å². The second kappa shape index (κ2) is 8.08. The molecule has 106 valence electrons. The van der Waals surface area contributed by atoms with Gasteiger partial charge in [-0.3, -0.25) is 0 Å². The van der Waals surface area contributed by atoms with E-state index >= 15 is 0 Å². The Labute approximate surface area is 130 Å². The van der Waals surface area contributed by atoms with Gasteiger partial charge in [-0.25, -0.2) is 0 Å². The molecule has 1 aromatic rings. The molecular weight excluding hydrogens is 322 g/mol. The second-order valence-corrected chi connectivity index (χ2v) is 6.83. The van der Waals surface area contributed by atoms with Crippen LogP contribution >= 0.6 is 27.5 Å². The first-order chi connectivity index (χ1) is 8.90. The molecule has 0 radical (unpaired) electrons. The third-order valence-electron chi connectivity index (χ3n) is 2.92. The van der Waals surface area contributed by atoms with Gasteiger partial charge in [-0.2, -0.15) is 0 Å². The lowest BCUT2D eigenvalue weighted by Gasteiger charge is -2.14. The van der Waals surface area contributed by atoms with Gasteiger partial charge < -0.3 is 5.32 Å². The van der Waals surface area contributed by atoms with Gasteiger partial charge in [-0.05, 0) is 52.0 Å². The van der Waals surface area contributed by atoms with Crippen LogP contribution in [0.3, 0.4) is 0 Å². The van der Waals surface area contributed by atoms with Crippen LogP contribution in [0.5, 0.6) is 0 Å². The van der Waals surface area contributed by atoms with Crippen LogP contribution in [0.15, 0.2) is 28.2 Å². The molecule has 0 aliphatic carbocycles. The largest absolute Gasteiger partial charge is 0.313 e. The maximum absolute atomic E-state index is 6.02. The Morgan fingerprint density at radius 3 is 2.53 bits per heavy atom. The molecule has 3 heteroatoms. The van der Waals surface area contributed by atoms with Crippen molar-refractivity contribution in [1.82, 2.24) is 5.32 Å². The first kappa shape index (κ1) is 16.7. The Kier molecular flexibility index (Phi) is 7.12. The van der Waals surface area contributed by atoms with Crippen LogP contribution in [0.4, 0.5) is 0 Å². The standard InChI is InChI=1S/C16H23BrClN/c1-11(2)9-19-10-14(12(3)4)7-13-5-6-16(18)15(17)8-13/h5-8,11-12,19H,9-10H2,1-4H3/b14-7-. The summed E-state index contributed by atoms with van der Waals surface area (Å²) in [5.41, 5.74) is 2.60. The fraction of sp³-hybridized carbons (Fsp3) is 0.500. The highest BCUT2D eigenvalue weighted by Crippen LogP contribution is 2.25. The zero-order chi connectivity index (χ0) is 14.4. The second-order valence-electron chi connectivity index (χ2n) is 5.57. The van der Waals surface area contributed by atoms with Crippen LogP contribution in [0.1, 0.15) is 33.3 Å². The van der Waals surface area contributed by atoms with Crippen LogP contribution in [-0.4, -0.2) is 13.1 Å². The van der Waals surface area contributed by atoms with Crippen molar-refractivity contribution in [2.75, 3.05) is 13.1 Å². The predicted octanol–water partition coefficient (Wildman–Crippen LogP) is 5.39. The number of hydrogen-bond donors (Lipinski definition) is 1. The SMILES string of the molecule is CC(C)CNC/C(=C/c1ccc(Cl)c(Br)c1)C(C)C. The van der Waals surface area contributed by atoms with Crippen molar-refractivity contribution in [3.05, 3.63) is 38.8 Å². The van der Waals surface area contributed by atoms with Crippen molar-refractivity contribution in [3.63, 3.8) is 0 Å². The lowest BCUT2D eigenvalue weighted by atomic mass is 10.00. The van der Waals surface area contributed by atoms with E-state index in [4.69, 9.17) is 11.6 Å². The summed E-state index contributed by atoms with van der Waals surface area (Å²) < 4.78 is 0.946. The average molecular weight is 345 g/mol. The highest BCUT2D eigenvalue weighted by atomic mass is 79.9. The van der Waals surface area contributed by atoms with Crippen molar-refractivity contribution < 1.29 is 0 Å². The Morgan fingerprint density at radius 1 is 1.32 bits per heavy atom. The van der Waals surface area contributed by atoms with E-state index in [0.29, 0.717) is 11.8 Å². The van der Waals surface area contributed by atoms with Gasteiger partial charge in [0.05, 0.1) is 5.02 Å². The van der Waals surface area contributed by atoms with E-state index in [9.17, 15) is 0 Å². The minimum absolute atomic E-state index is 0.536. The molecule has 0 saturated carbocycles. The number of halogens is 2. The van der Waals surface area contributed by atoms with E-state index < -0.39 is 0 Å². The summed E-state index contributed by atoms with van der Waals surface area (Å²) in [6, 6.07) is 6.04. The zero-order valence-corrected chi connectivity index (χ0v) is 14.5. The van der Waals surface area contributed by atoms with Crippen LogP contribution in [0.2, 0.25) is 5.02 Å². The topological polar surface area (TPSA) is 12.0 Å². The van der Waals surface area contributed by atoms with Crippen molar-refractivity contribution >= 4 is 33.6 Å².